The number of aryl methyl sites for hydroxylation is 1. The van der Waals surface area contributed by atoms with Crippen LogP contribution in [0.5, 0.6) is 0 Å². The van der Waals surface area contributed by atoms with Gasteiger partial charge in [-0.05, 0) is 66.2 Å². The molecule has 0 fully saturated rings. The van der Waals surface area contributed by atoms with E-state index in [2.05, 4.69) is 26.2 Å². The van der Waals surface area contributed by atoms with E-state index in [-0.39, 0.29) is 22.5 Å². The number of nitrogens with one attached hydrogen (secondary N) is 1. The lowest BCUT2D eigenvalue weighted by molar-refractivity contribution is 0.512. The Hall–Kier alpha value is -1.33. The van der Waals surface area contributed by atoms with Crippen LogP contribution in [0.3, 0.4) is 0 Å². The molecular formula is C15H15BrF2N2. The fourth-order valence-corrected chi connectivity index (χ4v) is 2.50. The molecule has 0 amide bonds. The molecule has 20 heavy (non-hydrogen) atoms. The number of benzene rings is 1. The molecule has 2 nitrogen and oxygen atoms in total. The van der Waals surface area contributed by atoms with Crippen molar-refractivity contribution in [2.24, 2.45) is 0 Å². The zero-order valence-corrected chi connectivity index (χ0v) is 12.8. The third-order valence-corrected chi connectivity index (χ3v) is 3.83. The van der Waals surface area contributed by atoms with Crippen molar-refractivity contribution in [3.63, 3.8) is 0 Å². The summed E-state index contributed by atoms with van der Waals surface area (Å²) in [7, 11) is 1.77. The fourth-order valence-electron chi connectivity index (χ4n) is 2.13. The third kappa shape index (κ3) is 3.22. The molecule has 0 saturated heterocycles. The fraction of sp³-hybridized carbons (Fsp3) is 0.267. The molecule has 1 heterocycles. The summed E-state index contributed by atoms with van der Waals surface area (Å²) in [6, 6.07) is 6.23. The van der Waals surface area contributed by atoms with Gasteiger partial charge in [-0.3, -0.25) is 4.98 Å². The Morgan fingerprint density at radius 3 is 2.70 bits per heavy atom. The van der Waals surface area contributed by atoms with E-state index in [0.29, 0.717) is 0 Å². The van der Waals surface area contributed by atoms with Crippen LogP contribution in [0.1, 0.15) is 22.9 Å². The standard InChI is InChI=1S/C15H15BrF2N2/c1-9-7-10(5-6-20-9)14(19-2)8-11-13(17)4-3-12(16)15(11)18/h3-7,14,19H,8H2,1-2H3. The van der Waals surface area contributed by atoms with Gasteiger partial charge in [0.2, 0.25) is 0 Å². The highest BCUT2D eigenvalue weighted by molar-refractivity contribution is 9.10. The molecule has 1 N–H and O–H groups in total. The lowest BCUT2D eigenvalue weighted by atomic mass is 9.98. The molecule has 5 heteroatoms. The van der Waals surface area contributed by atoms with E-state index in [0.717, 1.165) is 11.3 Å². The predicted octanol–water partition coefficient (Wildman–Crippen LogP) is 3.93. The van der Waals surface area contributed by atoms with Crippen LogP contribution in [0.15, 0.2) is 34.9 Å². The summed E-state index contributed by atoms with van der Waals surface area (Å²) in [5.41, 5.74) is 1.91. The van der Waals surface area contributed by atoms with E-state index < -0.39 is 11.6 Å². The monoisotopic (exact) mass is 340 g/mol. The van der Waals surface area contributed by atoms with E-state index in [1.165, 1.54) is 12.1 Å². The van der Waals surface area contributed by atoms with Crippen molar-refractivity contribution >= 4 is 15.9 Å². The second kappa shape index (κ2) is 6.41. The Balaban J connectivity index is 2.34. The predicted molar refractivity (Wildman–Crippen MR) is 78.5 cm³/mol. The molecule has 2 rings (SSSR count). The molecular weight excluding hydrogens is 326 g/mol. The summed E-state index contributed by atoms with van der Waals surface area (Å²) in [5.74, 6) is -1.08. The molecule has 0 saturated carbocycles. The highest BCUT2D eigenvalue weighted by Crippen LogP contribution is 2.26. The number of pyridine rings is 1. The van der Waals surface area contributed by atoms with Gasteiger partial charge in [0.25, 0.3) is 0 Å². The first kappa shape index (κ1) is 15.1. The Kier molecular flexibility index (Phi) is 4.83. The van der Waals surface area contributed by atoms with E-state index in [4.69, 9.17) is 0 Å². The number of rotatable bonds is 4. The van der Waals surface area contributed by atoms with Crippen LogP contribution in [0.4, 0.5) is 8.78 Å². The molecule has 0 bridgehead atoms. The summed E-state index contributed by atoms with van der Waals surface area (Å²) in [6.45, 7) is 1.89. The van der Waals surface area contributed by atoms with Crippen LogP contribution in [0, 0.1) is 18.6 Å². The van der Waals surface area contributed by atoms with E-state index in [9.17, 15) is 8.78 Å². The second-order valence-corrected chi connectivity index (χ2v) is 5.45. The van der Waals surface area contributed by atoms with E-state index >= 15 is 0 Å². The van der Waals surface area contributed by atoms with Gasteiger partial charge >= 0.3 is 0 Å². The van der Waals surface area contributed by atoms with Gasteiger partial charge in [-0.2, -0.15) is 0 Å². The van der Waals surface area contributed by atoms with Crippen molar-refractivity contribution < 1.29 is 8.78 Å². The Morgan fingerprint density at radius 2 is 2.05 bits per heavy atom. The Morgan fingerprint density at radius 1 is 1.30 bits per heavy atom. The summed E-state index contributed by atoms with van der Waals surface area (Å²) in [4.78, 5) is 4.13. The first-order valence-corrected chi connectivity index (χ1v) is 7.04. The van der Waals surface area contributed by atoms with Gasteiger partial charge in [0, 0.05) is 23.5 Å². The first-order valence-electron chi connectivity index (χ1n) is 6.25. The molecule has 1 atom stereocenters. The first-order chi connectivity index (χ1) is 9.52. The highest BCUT2D eigenvalue weighted by Gasteiger charge is 2.18. The maximum Gasteiger partial charge on any atom is 0.143 e. The van der Waals surface area contributed by atoms with Gasteiger partial charge in [-0.25, -0.2) is 8.78 Å². The molecule has 1 aromatic heterocycles. The van der Waals surface area contributed by atoms with Crippen LogP contribution in [0.25, 0.3) is 0 Å². The van der Waals surface area contributed by atoms with Crippen molar-refractivity contribution in [3.8, 4) is 0 Å². The lowest BCUT2D eigenvalue weighted by Crippen LogP contribution is -2.20. The number of aromatic nitrogens is 1. The lowest BCUT2D eigenvalue weighted by Gasteiger charge is -2.18. The second-order valence-electron chi connectivity index (χ2n) is 4.60. The molecule has 0 spiro atoms. The summed E-state index contributed by atoms with van der Waals surface area (Å²) < 4.78 is 28.1. The maximum absolute atomic E-state index is 14.0. The van der Waals surface area contributed by atoms with Crippen molar-refractivity contribution in [2.75, 3.05) is 7.05 Å². The van der Waals surface area contributed by atoms with E-state index in [1.807, 2.05) is 19.1 Å². The minimum absolute atomic E-state index is 0.0770. The average molecular weight is 341 g/mol. The zero-order valence-electron chi connectivity index (χ0n) is 11.3. The molecule has 0 aliphatic rings. The number of nitrogens with zero attached hydrogens (tertiary/aromatic N) is 1. The maximum atomic E-state index is 14.0. The van der Waals surface area contributed by atoms with Crippen molar-refractivity contribution in [2.45, 2.75) is 19.4 Å². The van der Waals surface area contributed by atoms with Gasteiger partial charge in [0.15, 0.2) is 0 Å². The normalized spacial score (nSPS) is 12.4. The topological polar surface area (TPSA) is 24.9 Å². The number of halogens is 3. The average Bonchev–Trinajstić information content (AvgIpc) is 2.43. The largest absolute Gasteiger partial charge is 0.313 e. The quantitative estimate of drug-likeness (QED) is 0.853. The van der Waals surface area contributed by atoms with Crippen LogP contribution in [-0.2, 0) is 6.42 Å². The minimum Gasteiger partial charge on any atom is -0.313 e. The molecule has 1 aromatic carbocycles. The van der Waals surface area contributed by atoms with Crippen molar-refractivity contribution in [1.29, 1.82) is 0 Å². The third-order valence-electron chi connectivity index (χ3n) is 3.22. The zero-order chi connectivity index (χ0) is 14.7. The van der Waals surface area contributed by atoms with Crippen molar-refractivity contribution in [3.05, 3.63) is 63.4 Å². The summed E-state index contributed by atoms with van der Waals surface area (Å²) >= 11 is 3.09. The molecule has 0 aliphatic carbocycles. The van der Waals surface area contributed by atoms with Crippen LogP contribution in [0.2, 0.25) is 0 Å². The van der Waals surface area contributed by atoms with Crippen LogP contribution < -0.4 is 5.32 Å². The number of hydrogen-bond donors (Lipinski definition) is 1. The Labute approximate surface area is 125 Å². The summed E-state index contributed by atoms with van der Waals surface area (Å²) in [5, 5.41) is 3.09. The minimum atomic E-state index is -0.545. The smallest absolute Gasteiger partial charge is 0.143 e. The van der Waals surface area contributed by atoms with Gasteiger partial charge < -0.3 is 5.32 Å². The van der Waals surface area contributed by atoms with Gasteiger partial charge in [0.05, 0.1) is 4.47 Å². The van der Waals surface area contributed by atoms with Gasteiger partial charge in [0.1, 0.15) is 11.6 Å². The van der Waals surface area contributed by atoms with Crippen molar-refractivity contribution in [1.82, 2.24) is 10.3 Å². The van der Waals surface area contributed by atoms with E-state index in [1.54, 1.807) is 13.2 Å². The van der Waals surface area contributed by atoms with Crippen LogP contribution >= 0.6 is 15.9 Å². The van der Waals surface area contributed by atoms with Gasteiger partial charge in [-0.15, -0.1) is 0 Å². The highest BCUT2D eigenvalue weighted by atomic mass is 79.9. The summed E-state index contributed by atoms with van der Waals surface area (Å²) in [6.07, 6.45) is 1.93. The van der Waals surface area contributed by atoms with Crippen LogP contribution in [-0.4, -0.2) is 12.0 Å². The molecule has 2 aromatic rings. The Bertz CT molecular complexity index is 617. The SMILES string of the molecule is CNC(Cc1c(F)ccc(Br)c1F)c1ccnc(C)c1. The number of likely N-dealkylation sites (N-methyl/N-ethyl adjacent to an activating group) is 1. The molecule has 0 aliphatic heterocycles. The molecule has 0 radical (unpaired) electrons. The molecule has 1 unspecified atom stereocenters. The van der Waals surface area contributed by atoms with Gasteiger partial charge in [-0.1, -0.05) is 0 Å². The molecule has 106 valence electrons. The number of hydrogen-bond acceptors (Lipinski definition) is 2.